The van der Waals surface area contributed by atoms with Crippen LogP contribution >= 0.6 is 46.8 Å². The van der Waals surface area contributed by atoms with E-state index in [-0.39, 0.29) is 11.8 Å². The van der Waals surface area contributed by atoms with Gasteiger partial charge in [0, 0.05) is 33.1 Å². The Bertz CT molecular complexity index is 1090. The number of piperidine rings is 1. The van der Waals surface area contributed by atoms with Crippen molar-refractivity contribution < 1.29 is 4.79 Å². The molecule has 0 aromatic heterocycles. The Morgan fingerprint density at radius 3 is 2.31 bits per heavy atom. The predicted octanol–water partition coefficient (Wildman–Crippen LogP) is 7.86. The van der Waals surface area contributed by atoms with Crippen LogP contribution in [-0.2, 0) is 0 Å². The molecule has 2 unspecified atom stereocenters. The van der Waals surface area contributed by atoms with Crippen LogP contribution in [0.15, 0.2) is 71.6 Å². The minimum absolute atomic E-state index is 0.0774. The number of nitrogens with one attached hydrogen (secondary N) is 1. The molecule has 1 heterocycles. The van der Waals surface area contributed by atoms with Gasteiger partial charge < -0.3 is 4.90 Å². The van der Waals surface area contributed by atoms with Crippen molar-refractivity contribution in [1.29, 1.82) is 0 Å². The molecule has 0 amide bonds. The molecule has 4 rings (SSSR count). The second kappa shape index (κ2) is 10.5. The van der Waals surface area contributed by atoms with Crippen molar-refractivity contribution >= 4 is 58.2 Å². The molecule has 1 aliphatic heterocycles. The number of ketones is 1. The summed E-state index contributed by atoms with van der Waals surface area (Å²) in [6, 6.07) is 21.9. The van der Waals surface area contributed by atoms with Crippen molar-refractivity contribution in [2.75, 3.05) is 11.4 Å². The maximum absolute atomic E-state index is 11.5. The van der Waals surface area contributed by atoms with Gasteiger partial charge in [0.1, 0.15) is 0 Å². The SMILES string of the molecule is CC(=O)c1ccc(SNC2CCN(c3ccc(Cl)cc3Cl)C(c3ccc(Cl)cc3)C2)cc1. The zero-order valence-corrected chi connectivity index (χ0v) is 20.6. The molecule has 3 aromatic rings. The monoisotopic (exact) mass is 504 g/mol. The van der Waals surface area contributed by atoms with Gasteiger partial charge in [-0.05, 0) is 79.7 Å². The molecular formula is C25H23Cl3N2OS. The van der Waals surface area contributed by atoms with E-state index in [2.05, 4.69) is 21.8 Å². The fourth-order valence-electron chi connectivity index (χ4n) is 3.98. The van der Waals surface area contributed by atoms with Crippen LogP contribution in [0.3, 0.4) is 0 Å². The number of rotatable bonds is 6. The molecule has 1 fully saturated rings. The van der Waals surface area contributed by atoms with Crippen molar-refractivity contribution in [2.45, 2.75) is 36.7 Å². The minimum atomic E-state index is 0.0774. The zero-order chi connectivity index (χ0) is 22.7. The van der Waals surface area contributed by atoms with Crippen molar-refractivity contribution in [3.05, 3.63) is 92.9 Å². The molecule has 0 aliphatic carbocycles. The number of hydrogen-bond donors (Lipinski definition) is 1. The van der Waals surface area contributed by atoms with Crippen molar-refractivity contribution in [3.8, 4) is 0 Å². The highest BCUT2D eigenvalue weighted by molar-refractivity contribution is 7.97. The molecule has 0 bridgehead atoms. The average Bonchev–Trinajstić information content (AvgIpc) is 2.79. The molecule has 7 heteroatoms. The molecule has 0 spiro atoms. The summed E-state index contributed by atoms with van der Waals surface area (Å²) in [7, 11) is 0. The highest BCUT2D eigenvalue weighted by atomic mass is 35.5. The molecule has 32 heavy (non-hydrogen) atoms. The lowest BCUT2D eigenvalue weighted by Crippen LogP contribution is -2.43. The molecular weight excluding hydrogens is 483 g/mol. The van der Waals surface area contributed by atoms with E-state index in [0.29, 0.717) is 16.1 Å². The Kier molecular flexibility index (Phi) is 7.70. The quantitative estimate of drug-likeness (QED) is 0.273. The van der Waals surface area contributed by atoms with Crippen molar-refractivity contribution in [2.24, 2.45) is 0 Å². The Balaban J connectivity index is 1.52. The molecule has 2 atom stereocenters. The highest BCUT2D eigenvalue weighted by Gasteiger charge is 2.31. The highest BCUT2D eigenvalue weighted by Crippen LogP contribution is 2.40. The second-order valence-corrected chi connectivity index (χ2v) is 10.1. The molecule has 1 aliphatic rings. The Morgan fingerprint density at radius 2 is 1.66 bits per heavy atom. The van der Waals surface area contributed by atoms with Gasteiger partial charge in [0.2, 0.25) is 0 Å². The number of benzene rings is 3. The van der Waals surface area contributed by atoms with E-state index >= 15 is 0 Å². The summed E-state index contributed by atoms with van der Waals surface area (Å²) in [6.07, 6.45) is 1.89. The third-order valence-electron chi connectivity index (χ3n) is 5.68. The molecule has 166 valence electrons. The van der Waals surface area contributed by atoms with Crippen LogP contribution in [-0.4, -0.2) is 18.4 Å². The van der Waals surface area contributed by atoms with Crippen LogP contribution < -0.4 is 9.62 Å². The number of nitrogens with zero attached hydrogens (tertiary/aromatic N) is 1. The van der Waals surface area contributed by atoms with E-state index in [1.807, 2.05) is 48.5 Å². The lowest BCUT2D eigenvalue weighted by molar-refractivity contribution is 0.101. The van der Waals surface area contributed by atoms with Crippen LogP contribution in [0.5, 0.6) is 0 Å². The standard InChI is InChI=1S/C25H23Cl3N2OS/c1-16(31)17-4-9-22(10-5-17)32-29-21-12-13-30(24-11-8-20(27)14-23(24)28)25(15-21)18-2-6-19(26)7-3-18/h2-11,14,21,25,29H,12-13,15H2,1H3. The Labute approximate surface area is 208 Å². The molecule has 1 N–H and O–H groups in total. The maximum Gasteiger partial charge on any atom is 0.159 e. The van der Waals surface area contributed by atoms with Crippen molar-refractivity contribution in [1.82, 2.24) is 4.72 Å². The molecule has 3 aromatic carbocycles. The minimum Gasteiger partial charge on any atom is -0.363 e. The lowest BCUT2D eigenvalue weighted by Gasteiger charge is -2.42. The molecule has 0 radical (unpaired) electrons. The third kappa shape index (κ3) is 5.62. The second-order valence-electron chi connectivity index (χ2n) is 7.88. The number of carbonyl (C=O) groups excluding carboxylic acids is 1. The number of anilines is 1. The van der Waals surface area contributed by atoms with Crippen LogP contribution in [0.2, 0.25) is 15.1 Å². The van der Waals surface area contributed by atoms with Gasteiger partial charge in [-0.3, -0.25) is 9.52 Å². The third-order valence-corrected chi connectivity index (χ3v) is 7.43. The number of hydrogen-bond acceptors (Lipinski definition) is 4. The van der Waals surface area contributed by atoms with E-state index < -0.39 is 0 Å². The van der Waals surface area contributed by atoms with E-state index in [1.54, 1.807) is 24.9 Å². The molecule has 1 saturated heterocycles. The van der Waals surface area contributed by atoms with Crippen LogP contribution in [0.25, 0.3) is 0 Å². The van der Waals surface area contributed by atoms with Gasteiger partial charge in [0.05, 0.1) is 16.8 Å². The summed E-state index contributed by atoms with van der Waals surface area (Å²) < 4.78 is 3.62. The van der Waals surface area contributed by atoms with Gasteiger partial charge in [0.15, 0.2) is 5.78 Å². The smallest absolute Gasteiger partial charge is 0.159 e. The lowest BCUT2D eigenvalue weighted by atomic mass is 9.91. The normalized spacial score (nSPS) is 18.6. The van der Waals surface area contributed by atoms with E-state index in [0.717, 1.165) is 40.6 Å². The average molecular weight is 506 g/mol. The van der Waals surface area contributed by atoms with Crippen LogP contribution in [0.4, 0.5) is 5.69 Å². The van der Waals surface area contributed by atoms with E-state index in [4.69, 9.17) is 34.8 Å². The fourth-order valence-corrected chi connectivity index (χ4v) is 5.42. The summed E-state index contributed by atoms with van der Waals surface area (Å²) in [5.74, 6) is 0.0774. The first-order valence-corrected chi connectivity index (χ1v) is 12.4. The first kappa shape index (κ1) is 23.5. The van der Waals surface area contributed by atoms with Gasteiger partial charge in [-0.1, -0.05) is 59.1 Å². The first-order chi connectivity index (χ1) is 15.4. The predicted molar refractivity (Wildman–Crippen MR) is 136 cm³/mol. The van der Waals surface area contributed by atoms with Gasteiger partial charge in [-0.15, -0.1) is 0 Å². The number of Topliss-reactive ketones (excluding diaryl/α,β-unsaturated/α-hetero) is 1. The van der Waals surface area contributed by atoms with Gasteiger partial charge in [-0.25, -0.2) is 0 Å². The summed E-state index contributed by atoms with van der Waals surface area (Å²) in [4.78, 5) is 14.9. The topological polar surface area (TPSA) is 32.3 Å². The van der Waals surface area contributed by atoms with Crippen molar-refractivity contribution in [3.63, 3.8) is 0 Å². The summed E-state index contributed by atoms with van der Waals surface area (Å²) in [5, 5.41) is 2.01. The zero-order valence-electron chi connectivity index (χ0n) is 17.5. The Morgan fingerprint density at radius 1 is 0.969 bits per heavy atom. The number of carbonyl (C=O) groups is 1. The summed E-state index contributed by atoms with van der Waals surface area (Å²) in [5.41, 5.74) is 2.91. The fraction of sp³-hybridized carbons (Fsp3) is 0.240. The molecule has 3 nitrogen and oxygen atoms in total. The first-order valence-electron chi connectivity index (χ1n) is 10.4. The van der Waals surface area contributed by atoms with E-state index in [9.17, 15) is 4.79 Å². The van der Waals surface area contributed by atoms with Gasteiger partial charge >= 0.3 is 0 Å². The van der Waals surface area contributed by atoms with Crippen LogP contribution in [0.1, 0.15) is 41.7 Å². The Hall–Kier alpha value is -1.69. The summed E-state index contributed by atoms with van der Waals surface area (Å²) >= 11 is 20.4. The van der Waals surface area contributed by atoms with Gasteiger partial charge in [0.25, 0.3) is 0 Å². The number of halogens is 3. The van der Waals surface area contributed by atoms with Crippen LogP contribution in [0, 0.1) is 0 Å². The molecule has 0 saturated carbocycles. The largest absolute Gasteiger partial charge is 0.363 e. The van der Waals surface area contributed by atoms with Gasteiger partial charge in [-0.2, -0.15) is 0 Å². The summed E-state index contributed by atoms with van der Waals surface area (Å²) in [6.45, 7) is 2.44. The maximum atomic E-state index is 11.5. The van der Waals surface area contributed by atoms with E-state index in [1.165, 1.54) is 5.56 Å².